The predicted octanol–water partition coefficient (Wildman–Crippen LogP) is 2.10. The Balaban J connectivity index is 1.83. The third-order valence-electron chi connectivity index (χ3n) is 4.12. The summed E-state index contributed by atoms with van der Waals surface area (Å²) in [6, 6.07) is 0. The van der Waals surface area contributed by atoms with Gasteiger partial charge in [-0.2, -0.15) is 0 Å². The quantitative estimate of drug-likeness (QED) is 0.482. The van der Waals surface area contributed by atoms with E-state index in [1.807, 2.05) is 13.1 Å². The molecule has 24 heavy (non-hydrogen) atoms. The van der Waals surface area contributed by atoms with Gasteiger partial charge < -0.3 is 15.0 Å². The highest BCUT2D eigenvalue weighted by atomic mass is 32.1. The van der Waals surface area contributed by atoms with Crippen LogP contribution in [0.2, 0.25) is 0 Å². The first-order valence-electron chi connectivity index (χ1n) is 8.73. The van der Waals surface area contributed by atoms with Crippen LogP contribution >= 0.6 is 11.3 Å². The van der Waals surface area contributed by atoms with Crippen molar-refractivity contribution in [3.05, 3.63) is 16.1 Å². The number of rotatable bonds is 6. The molecule has 0 amide bonds. The summed E-state index contributed by atoms with van der Waals surface area (Å²) in [5.74, 6) is 0.715. The number of likely N-dealkylation sites (tertiary alicyclic amines) is 1. The number of aliphatic imine (C=N–C) groups is 1. The summed E-state index contributed by atoms with van der Waals surface area (Å²) < 4.78 is 5.16. The fraction of sp³-hybridized carbons (Fsp3) is 0.706. The third-order valence-corrected chi connectivity index (χ3v) is 5.33. The van der Waals surface area contributed by atoms with Gasteiger partial charge in [0, 0.05) is 44.2 Å². The Morgan fingerprint density at radius 3 is 3.04 bits per heavy atom. The lowest BCUT2D eigenvalue weighted by Crippen LogP contribution is -2.48. The SMILES string of the molecule is CCOC(=O)C1CCCN(C(=NC)NCCc2ncc(CC)s2)C1. The molecule has 1 aliphatic heterocycles. The molecule has 1 saturated heterocycles. The van der Waals surface area contributed by atoms with Crippen LogP contribution in [0.4, 0.5) is 0 Å². The molecule has 1 aliphatic rings. The van der Waals surface area contributed by atoms with Crippen molar-refractivity contribution in [3.63, 3.8) is 0 Å². The van der Waals surface area contributed by atoms with Gasteiger partial charge in [0.25, 0.3) is 0 Å². The van der Waals surface area contributed by atoms with Crippen molar-refractivity contribution in [2.24, 2.45) is 10.9 Å². The minimum Gasteiger partial charge on any atom is -0.466 e. The number of ether oxygens (including phenoxy) is 1. The van der Waals surface area contributed by atoms with Gasteiger partial charge in [-0.05, 0) is 26.2 Å². The molecule has 2 rings (SSSR count). The lowest BCUT2D eigenvalue weighted by molar-refractivity contribution is -0.149. The summed E-state index contributed by atoms with van der Waals surface area (Å²) in [5.41, 5.74) is 0. The third kappa shape index (κ3) is 5.19. The van der Waals surface area contributed by atoms with E-state index in [1.165, 1.54) is 4.88 Å². The lowest BCUT2D eigenvalue weighted by atomic mass is 9.98. The van der Waals surface area contributed by atoms with Crippen molar-refractivity contribution in [2.75, 3.05) is 33.3 Å². The van der Waals surface area contributed by atoms with Crippen molar-refractivity contribution in [1.29, 1.82) is 0 Å². The molecule has 1 N–H and O–H groups in total. The smallest absolute Gasteiger partial charge is 0.310 e. The first-order valence-corrected chi connectivity index (χ1v) is 9.55. The molecule has 7 heteroatoms. The van der Waals surface area contributed by atoms with Gasteiger partial charge in [-0.3, -0.25) is 9.79 Å². The summed E-state index contributed by atoms with van der Waals surface area (Å²) in [5, 5.41) is 4.55. The Labute approximate surface area is 148 Å². The summed E-state index contributed by atoms with van der Waals surface area (Å²) >= 11 is 1.77. The number of nitrogens with zero attached hydrogens (tertiary/aromatic N) is 3. The van der Waals surface area contributed by atoms with E-state index in [1.54, 1.807) is 18.4 Å². The Hall–Kier alpha value is -1.63. The highest BCUT2D eigenvalue weighted by Gasteiger charge is 2.28. The van der Waals surface area contributed by atoms with Gasteiger partial charge in [-0.15, -0.1) is 11.3 Å². The summed E-state index contributed by atoms with van der Waals surface area (Å²) in [6.45, 7) is 6.83. The molecule has 1 unspecified atom stereocenters. The molecule has 1 atom stereocenters. The van der Waals surface area contributed by atoms with E-state index in [0.717, 1.165) is 49.7 Å². The molecule has 0 aromatic carbocycles. The van der Waals surface area contributed by atoms with Crippen LogP contribution in [-0.4, -0.2) is 55.1 Å². The number of carbonyl (C=O) groups is 1. The van der Waals surface area contributed by atoms with Crippen LogP contribution < -0.4 is 5.32 Å². The molecule has 0 radical (unpaired) electrons. The van der Waals surface area contributed by atoms with Crippen LogP contribution in [0.15, 0.2) is 11.2 Å². The Morgan fingerprint density at radius 1 is 1.54 bits per heavy atom. The molecular weight excluding hydrogens is 324 g/mol. The Bertz CT molecular complexity index is 559. The molecule has 0 aliphatic carbocycles. The highest BCUT2D eigenvalue weighted by Crippen LogP contribution is 2.18. The van der Waals surface area contributed by atoms with Gasteiger partial charge >= 0.3 is 5.97 Å². The number of guanidine groups is 1. The molecule has 6 nitrogen and oxygen atoms in total. The number of aryl methyl sites for hydroxylation is 1. The van der Waals surface area contributed by atoms with E-state index in [-0.39, 0.29) is 11.9 Å². The monoisotopic (exact) mass is 352 g/mol. The first-order chi connectivity index (χ1) is 11.7. The summed E-state index contributed by atoms with van der Waals surface area (Å²) in [4.78, 5) is 24.3. The van der Waals surface area contributed by atoms with Crippen LogP contribution in [0.5, 0.6) is 0 Å². The van der Waals surface area contributed by atoms with E-state index < -0.39 is 0 Å². The van der Waals surface area contributed by atoms with E-state index in [9.17, 15) is 4.79 Å². The topological polar surface area (TPSA) is 66.8 Å². The number of thiazole rings is 1. The second-order valence-electron chi connectivity index (χ2n) is 5.84. The zero-order valence-electron chi connectivity index (χ0n) is 14.9. The Morgan fingerprint density at radius 2 is 2.38 bits per heavy atom. The van der Waals surface area contributed by atoms with Gasteiger partial charge in [0.15, 0.2) is 5.96 Å². The molecular formula is C17H28N4O2S. The van der Waals surface area contributed by atoms with Gasteiger partial charge in [0.1, 0.15) is 0 Å². The predicted molar refractivity (Wildman–Crippen MR) is 97.5 cm³/mol. The van der Waals surface area contributed by atoms with Crippen molar-refractivity contribution in [3.8, 4) is 0 Å². The van der Waals surface area contributed by atoms with Gasteiger partial charge in [0.05, 0.1) is 17.5 Å². The average Bonchev–Trinajstić information content (AvgIpc) is 3.07. The largest absolute Gasteiger partial charge is 0.466 e. The number of hydrogen-bond acceptors (Lipinski definition) is 5. The second kappa shape index (κ2) is 9.61. The zero-order valence-corrected chi connectivity index (χ0v) is 15.7. The second-order valence-corrected chi connectivity index (χ2v) is 7.03. The number of hydrogen-bond donors (Lipinski definition) is 1. The number of piperidine rings is 1. The maximum atomic E-state index is 12.0. The van der Waals surface area contributed by atoms with Crippen molar-refractivity contribution >= 4 is 23.3 Å². The summed E-state index contributed by atoms with van der Waals surface area (Å²) in [7, 11) is 1.79. The van der Waals surface area contributed by atoms with Gasteiger partial charge in [-0.1, -0.05) is 6.92 Å². The van der Waals surface area contributed by atoms with E-state index in [4.69, 9.17) is 4.74 Å². The molecule has 1 fully saturated rings. The minimum atomic E-state index is -0.0902. The van der Waals surface area contributed by atoms with Crippen molar-refractivity contribution in [1.82, 2.24) is 15.2 Å². The zero-order chi connectivity index (χ0) is 17.4. The van der Waals surface area contributed by atoms with E-state index in [0.29, 0.717) is 13.2 Å². The molecule has 0 saturated carbocycles. The fourth-order valence-corrected chi connectivity index (χ4v) is 3.72. The Kier molecular flexibility index (Phi) is 7.49. The van der Waals surface area contributed by atoms with E-state index >= 15 is 0 Å². The molecule has 0 spiro atoms. The summed E-state index contributed by atoms with van der Waals surface area (Å²) in [6.07, 6.45) is 5.76. The molecule has 134 valence electrons. The number of carbonyl (C=O) groups excluding carboxylic acids is 1. The number of nitrogens with one attached hydrogen (secondary N) is 1. The average molecular weight is 353 g/mol. The normalized spacial score (nSPS) is 18.5. The van der Waals surface area contributed by atoms with Crippen LogP contribution in [0.25, 0.3) is 0 Å². The minimum absolute atomic E-state index is 0.0525. The first kappa shape index (κ1) is 18.7. The number of esters is 1. The van der Waals surface area contributed by atoms with Crippen molar-refractivity contribution < 1.29 is 9.53 Å². The van der Waals surface area contributed by atoms with Gasteiger partial charge in [0.2, 0.25) is 0 Å². The lowest BCUT2D eigenvalue weighted by Gasteiger charge is -2.33. The van der Waals surface area contributed by atoms with Gasteiger partial charge in [-0.25, -0.2) is 4.98 Å². The molecule has 1 aromatic heterocycles. The maximum Gasteiger partial charge on any atom is 0.310 e. The maximum absolute atomic E-state index is 12.0. The highest BCUT2D eigenvalue weighted by molar-refractivity contribution is 7.11. The van der Waals surface area contributed by atoms with E-state index in [2.05, 4.69) is 27.1 Å². The number of aromatic nitrogens is 1. The molecule has 1 aromatic rings. The molecule has 2 heterocycles. The van der Waals surface area contributed by atoms with Crippen LogP contribution in [-0.2, 0) is 22.4 Å². The fourth-order valence-electron chi connectivity index (χ4n) is 2.86. The van der Waals surface area contributed by atoms with Crippen LogP contribution in [0, 0.1) is 5.92 Å². The van der Waals surface area contributed by atoms with Crippen LogP contribution in [0.1, 0.15) is 36.6 Å². The van der Waals surface area contributed by atoms with Crippen LogP contribution in [0.3, 0.4) is 0 Å². The van der Waals surface area contributed by atoms with Crippen molar-refractivity contribution in [2.45, 2.75) is 39.5 Å². The molecule has 0 bridgehead atoms. The standard InChI is InChI=1S/C17H28N4O2S/c1-4-14-11-20-15(24-14)8-9-19-17(18-3)21-10-6-7-13(12-21)16(22)23-5-2/h11,13H,4-10,12H2,1-3H3,(H,18,19).